The van der Waals surface area contributed by atoms with Crippen molar-refractivity contribution in [3.8, 4) is 6.07 Å². The van der Waals surface area contributed by atoms with E-state index in [9.17, 15) is 9.59 Å². The van der Waals surface area contributed by atoms with Crippen molar-refractivity contribution >= 4 is 11.8 Å². The Morgan fingerprint density at radius 3 is 2.73 bits per heavy atom. The van der Waals surface area contributed by atoms with Crippen LogP contribution in [0.25, 0.3) is 0 Å². The Labute approximate surface area is 63.2 Å². The van der Waals surface area contributed by atoms with Gasteiger partial charge in [0.1, 0.15) is 6.04 Å². The molecule has 1 aliphatic rings. The van der Waals surface area contributed by atoms with Crippen molar-refractivity contribution in [2.24, 2.45) is 11.7 Å². The zero-order chi connectivity index (χ0) is 8.43. The van der Waals surface area contributed by atoms with Crippen molar-refractivity contribution in [3.63, 3.8) is 0 Å². The van der Waals surface area contributed by atoms with Crippen LogP contribution in [0.5, 0.6) is 0 Å². The molecule has 1 aliphatic heterocycles. The molecule has 1 saturated heterocycles. The van der Waals surface area contributed by atoms with Crippen molar-refractivity contribution in [2.45, 2.75) is 12.5 Å². The third kappa shape index (κ3) is 1.36. The monoisotopic (exact) mass is 153 g/mol. The molecule has 11 heavy (non-hydrogen) atoms. The molecule has 0 spiro atoms. The van der Waals surface area contributed by atoms with Gasteiger partial charge in [0.2, 0.25) is 11.8 Å². The number of hydrogen-bond donors (Lipinski definition) is 2. The first-order valence-electron chi connectivity index (χ1n) is 3.14. The lowest BCUT2D eigenvalue weighted by Gasteiger charge is -2.05. The van der Waals surface area contributed by atoms with E-state index in [1.54, 1.807) is 6.07 Å². The summed E-state index contributed by atoms with van der Waals surface area (Å²) in [5.41, 5.74) is 5.26. The molecule has 1 heterocycles. The first-order valence-corrected chi connectivity index (χ1v) is 3.14. The molecule has 5 heteroatoms. The summed E-state index contributed by atoms with van der Waals surface area (Å²) >= 11 is 0. The number of hydrogen-bond acceptors (Lipinski definition) is 4. The second-order valence-electron chi connectivity index (χ2n) is 2.38. The van der Waals surface area contributed by atoms with Crippen LogP contribution >= 0.6 is 0 Å². The third-order valence-electron chi connectivity index (χ3n) is 1.59. The van der Waals surface area contributed by atoms with E-state index in [1.165, 1.54) is 0 Å². The van der Waals surface area contributed by atoms with Gasteiger partial charge >= 0.3 is 0 Å². The minimum Gasteiger partial charge on any atom is -0.315 e. The molecule has 1 fully saturated rings. The zero-order valence-electron chi connectivity index (χ0n) is 5.70. The van der Waals surface area contributed by atoms with E-state index in [-0.39, 0.29) is 12.3 Å². The lowest BCUT2D eigenvalue weighted by Crippen LogP contribution is -2.34. The number of carbonyl (C=O) groups excluding carboxylic acids is 2. The van der Waals surface area contributed by atoms with Gasteiger partial charge in [-0.25, -0.2) is 0 Å². The molecular weight excluding hydrogens is 146 g/mol. The van der Waals surface area contributed by atoms with E-state index < -0.39 is 17.9 Å². The van der Waals surface area contributed by atoms with Gasteiger partial charge in [-0.1, -0.05) is 0 Å². The van der Waals surface area contributed by atoms with E-state index in [4.69, 9.17) is 11.0 Å². The summed E-state index contributed by atoms with van der Waals surface area (Å²) in [6, 6.07) is 0.849. The van der Waals surface area contributed by atoms with Crippen molar-refractivity contribution in [2.75, 3.05) is 0 Å². The highest BCUT2D eigenvalue weighted by molar-refractivity contribution is 6.03. The fourth-order valence-corrected chi connectivity index (χ4v) is 0.954. The maximum absolute atomic E-state index is 10.8. The normalized spacial score (nSPS) is 26.0. The van der Waals surface area contributed by atoms with Gasteiger partial charge < -0.3 is 5.73 Å². The molecule has 0 aromatic rings. The summed E-state index contributed by atoms with van der Waals surface area (Å²) in [4.78, 5) is 21.4. The number of nitriles is 1. The molecule has 5 nitrogen and oxygen atoms in total. The summed E-state index contributed by atoms with van der Waals surface area (Å²) in [6.07, 6.45) is 0.0353. The van der Waals surface area contributed by atoms with Crippen LogP contribution in [0, 0.1) is 17.2 Å². The van der Waals surface area contributed by atoms with Crippen LogP contribution in [-0.4, -0.2) is 17.9 Å². The van der Waals surface area contributed by atoms with Crippen molar-refractivity contribution in [1.29, 1.82) is 5.26 Å². The summed E-state index contributed by atoms with van der Waals surface area (Å²) < 4.78 is 0. The molecule has 0 aliphatic carbocycles. The Morgan fingerprint density at radius 2 is 2.36 bits per heavy atom. The maximum Gasteiger partial charge on any atom is 0.232 e. The Hall–Kier alpha value is -1.41. The van der Waals surface area contributed by atoms with E-state index in [0.717, 1.165) is 0 Å². The van der Waals surface area contributed by atoms with Crippen LogP contribution in [0.4, 0.5) is 0 Å². The van der Waals surface area contributed by atoms with E-state index in [1.807, 2.05) is 0 Å². The predicted molar refractivity (Wildman–Crippen MR) is 34.8 cm³/mol. The maximum atomic E-state index is 10.8. The Balaban J connectivity index is 2.69. The molecular formula is C6H7N3O2. The number of nitrogens with zero attached hydrogens (tertiary/aromatic N) is 1. The van der Waals surface area contributed by atoms with Gasteiger partial charge in [-0.15, -0.1) is 0 Å². The van der Waals surface area contributed by atoms with Gasteiger partial charge in [-0.05, 0) is 0 Å². The fraction of sp³-hybridized carbons (Fsp3) is 0.500. The molecule has 1 unspecified atom stereocenters. The van der Waals surface area contributed by atoms with Crippen molar-refractivity contribution in [1.82, 2.24) is 5.32 Å². The van der Waals surface area contributed by atoms with Crippen molar-refractivity contribution < 1.29 is 9.59 Å². The van der Waals surface area contributed by atoms with Gasteiger partial charge in [-0.3, -0.25) is 14.9 Å². The third-order valence-corrected chi connectivity index (χ3v) is 1.59. The highest BCUT2D eigenvalue weighted by Gasteiger charge is 2.35. The summed E-state index contributed by atoms with van der Waals surface area (Å²) in [6.45, 7) is 0. The highest BCUT2D eigenvalue weighted by atomic mass is 16.2. The molecule has 0 aromatic heterocycles. The van der Waals surface area contributed by atoms with Crippen LogP contribution < -0.4 is 11.1 Å². The molecule has 2 atom stereocenters. The summed E-state index contributed by atoms with van der Waals surface area (Å²) in [5, 5.41) is 10.4. The van der Waals surface area contributed by atoms with Crippen LogP contribution in [0.1, 0.15) is 6.42 Å². The van der Waals surface area contributed by atoms with Gasteiger partial charge in [0, 0.05) is 6.42 Å². The van der Waals surface area contributed by atoms with Gasteiger partial charge in [0.15, 0.2) is 0 Å². The van der Waals surface area contributed by atoms with Crippen LogP contribution in [0.15, 0.2) is 0 Å². The fourth-order valence-electron chi connectivity index (χ4n) is 0.954. The van der Waals surface area contributed by atoms with Crippen molar-refractivity contribution in [3.05, 3.63) is 0 Å². The lowest BCUT2D eigenvalue weighted by molar-refractivity contribution is -0.125. The molecule has 0 saturated carbocycles. The first-order chi connectivity index (χ1) is 5.15. The largest absolute Gasteiger partial charge is 0.315 e. The molecule has 58 valence electrons. The average Bonchev–Trinajstić information content (AvgIpc) is 2.28. The average molecular weight is 153 g/mol. The molecule has 0 aromatic carbocycles. The number of amides is 2. The number of imide groups is 1. The quantitative estimate of drug-likeness (QED) is 0.448. The molecule has 0 bridgehead atoms. The highest BCUT2D eigenvalue weighted by Crippen LogP contribution is 2.12. The van der Waals surface area contributed by atoms with Gasteiger partial charge in [0.25, 0.3) is 0 Å². The first kappa shape index (κ1) is 7.69. The number of rotatable bonds is 1. The Bertz CT molecular complexity index is 243. The van der Waals surface area contributed by atoms with Crippen LogP contribution in [0.2, 0.25) is 0 Å². The molecule has 3 N–H and O–H groups in total. The number of nitrogens with one attached hydrogen (secondary N) is 1. The minimum atomic E-state index is -0.874. The van der Waals surface area contributed by atoms with Gasteiger partial charge in [0.05, 0.1) is 12.0 Å². The van der Waals surface area contributed by atoms with E-state index in [0.29, 0.717) is 0 Å². The van der Waals surface area contributed by atoms with Gasteiger partial charge in [-0.2, -0.15) is 5.26 Å². The summed E-state index contributed by atoms with van der Waals surface area (Å²) in [7, 11) is 0. The minimum absolute atomic E-state index is 0.0353. The Kier molecular flexibility index (Phi) is 1.87. The molecule has 1 rings (SSSR count). The van der Waals surface area contributed by atoms with E-state index >= 15 is 0 Å². The smallest absolute Gasteiger partial charge is 0.232 e. The summed E-state index contributed by atoms with van der Waals surface area (Å²) in [5.74, 6) is -1.46. The lowest BCUT2D eigenvalue weighted by atomic mass is 10.0. The number of nitrogens with two attached hydrogens (primary N) is 1. The SMILES string of the molecule is N#CC(N)[C@@H]1CC(=O)NC1=O. The van der Waals surface area contributed by atoms with Crippen LogP contribution in [0.3, 0.4) is 0 Å². The number of carbonyl (C=O) groups is 2. The standard InChI is InChI=1S/C6H7N3O2/c7-2-4(8)3-1-5(10)9-6(3)11/h3-4H,1,8H2,(H,9,10,11)/t3-,4?/m0/s1. The second-order valence-corrected chi connectivity index (χ2v) is 2.38. The second kappa shape index (κ2) is 2.68. The molecule has 2 amide bonds. The van der Waals surface area contributed by atoms with E-state index in [2.05, 4.69) is 5.32 Å². The predicted octanol–water partition coefficient (Wildman–Crippen LogP) is -1.50. The topological polar surface area (TPSA) is 96.0 Å². The zero-order valence-corrected chi connectivity index (χ0v) is 5.70. The van der Waals surface area contributed by atoms with Crippen LogP contribution in [-0.2, 0) is 9.59 Å². The Morgan fingerprint density at radius 1 is 1.73 bits per heavy atom. The molecule has 0 radical (unpaired) electrons.